The van der Waals surface area contributed by atoms with E-state index in [0.29, 0.717) is 13.1 Å². The van der Waals surface area contributed by atoms with Crippen LogP contribution >= 0.6 is 11.6 Å². The van der Waals surface area contributed by atoms with Gasteiger partial charge in [0.15, 0.2) is 0 Å². The van der Waals surface area contributed by atoms with Gasteiger partial charge in [-0.25, -0.2) is 0 Å². The molecule has 1 aromatic carbocycles. The van der Waals surface area contributed by atoms with E-state index >= 15 is 0 Å². The number of hydrogen-bond donors (Lipinski definition) is 2. The molecule has 8 nitrogen and oxygen atoms in total. The topological polar surface area (TPSA) is 105 Å². The van der Waals surface area contributed by atoms with Crippen molar-refractivity contribution in [1.29, 1.82) is 0 Å². The average Bonchev–Trinajstić information content (AvgIpc) is 2.54. The Bertz CT molecular complexity index is 624. The summed E-state index contributed by atoms with van der Waals surface area (Å²) in [5.74, 6) is -0.581. The Morgan fingerprint density at radius 3 is 2.48 bits per heavy atom. The Balaban J connectivity index is 2.72. The Kier molecular flexibility index (Phi) is 8.87. The van der Waals surface area contributed by atoms with Crippen LogP contribution in [0.15, 0.2) is 18.2 Å². The second-order valence-electron chi connectivity index (χ2n) is 5.53. The Morgan fingerprint density at radius 1 is 1.20 bits per heavy atom. The summed E-state index contributed by atoms with van der Waals surface area (Å²) in [6.07, 6.45) is 1.61. The number of nitro benzene ring substituents is 1. The highest BCUT2D eigenvalue weighted by molar-refractivity contribution is 6.31. The normalized spacial score (nSPS) is 10.6. The molecule has 9 heteroatoms. The van der Waals surface area contributed by atoms with Crippen molar-refractivity contribution in [2.45, 2.75) is 26.7 Å². The summed E-state index contributed by atoms with van der Waals surface area (Å²) in [5.41, 5.74) is -0.199. The first-order chi connectivity index (χ1) is 11.9. The molecule has 0 heterocycles. The summed E-state index contributed by atoms with van der Waals surface area (Å²) in [6, 6.07) is 4.03. The van der Waals surface area contributed by atoms with Crippen molar-refractivity contribution < 1.29 is 14.5 Å². The summed E-state index contributed by atoms with van der Waals surface area (Å²) in [6.45, 7) is 5.12. The van der Waals surface area contributed by atoms with Crippen LogP contribution in [0, 0.1) is 10.1 Å². The summed E-state index contributed by atoms with van der Waals surface area (Å²) in [7, 11) is 0. The molecule has 0 aliphatic heterocycles. The number of nitrogens with one attached hydrogen (secondary N) is 2. The lowest BCUT2D eigenvalue weighted by Gasteiger charge is -2.20. The molecule has 2 amide bonds. The van der Waals surface area contributed by atoms with E-state index in [4.69, 9.17) is 11.6 Å². The molecule has 0 aliphatic rings. The summed E-state index contributed by atoms with van der Waals surface area (Å²) < 4.78 is 0. The Hall–Kier alpha value is -2.19. The number of benzene rings is 1. The fourth-order valence-electron chi connectivity index (χ4n) is 2.21. The fraction of sp³-hybridized carbons (Fsp3) is 0.500. The molecule has 0 saturated heterocycles. The van der Waals surface area contributed by atoms with Crippen molar-refractivity contribution >= 4 is 34.8 Å². The smallest absolute Gasteiger partial charge is 0.294 e. The van der Waals surface area contributed by atoms with E-state index in [2.05, 4.69) is 10.6 Å². The van der Waals surface area contributed by atoms with E-state index in [1.54, 1.807) is 4.90 Å². The van der Waals surface area contributed by atoms with Gasteiger partial charge in [0.05, 0.1) is 18.0 Å². The van der Waals surface area contributed by atoms with Gasteiger partial charge in [-0.05, 0) is 31.5 Å². The third kappa shape index (κ3) is 7.49. The van der Waals surface area contributed by atoms with Crippen LogP contribution in [-0.2, 0) is 9.59 Å². The van der Waals surface area contributed by atoms with E-state index < -0.39 is 10.8 Å². The standard InChI is InChI=1S/C16H23ClN4O4/c1-3-7-18-15(22)10-20(8-4-2)11-16(23)19-13-6-5-12(17)9-14(13)21(24)25/h5-6,9H,3-4,7-8,10-11H2,1-2H3,(H,18,22)(H,19,23). The predicted octanol–water partition coefficient (Wildman–Crippen LogP) is 2.42. The summed E-state index contributed by atoms with van der Waals surface area (Å²) in [4.78, 5) is 36.2. The van der Waals surface area contributed by atoms with Crippen LogP contribution in [0.3, 0.4) is 0 Å². The van der Waals surface area contributed by atoms with E-state index in [-0.39, 0.29) is 35.4 Å². The number of halogens is 1. The number of carbonyl (C=O) groups is 2. The maximum atomic E-state index is 12.2. The molecule has 0 aromatic heterocycles. The number of nitro groups is 1. The summed E-state index contributed by atoms with van der Waals surface area (Å²) >= 11 is 5.75. The van der Waals surface area contributed by atoms with E-state index in [1.165, 1.54) is 18.2 Å². The van der Waals surface area contributed by atoms with Crippen LogP contribution < -0.4 is 10.6 Å². The van der Waals surface area contributed by atoms with Crippen LogP contribution in [0.25, 0.3) is 0 Å². The Labute approximate surface area is 151 Å². The highest BCUT2D eigenvalue weighted by atomic mass is 35.5. The van der Waals surface area contributed by atoms with Gasteiger partial charge < -0.3 is 10.6 Å². The van der Waals surface area contributed by atoms with Gasteiger partial charge in [0.1, 0.15) is 5.69 Å². The Morgan fingerprint density at radius 2 is 1.88 bits per heavy atom. The molecular formula is C16H23ClN4O4. The quantitative estimate of drug-likeness (QED) is 0.486. The van der Waals surface area contributed by atoms with Crippen molar-refractivity contribution in [2.75, 3.05) is 31.5 Å². The van der Waals surface area contributed by atoms with E-state index in [9.17, 15) is 19.7 Å². The minimum atomic E-state index is -0.608. The summed E-state index contributed by atoms with van der Waals surface area (Å²) in [5, 5.41) is 16.5. The lowest BCUT2D eigenvalue weighted by Crippen LogP contribution is -2.41. The lowest BCUT2D eigenvalue weighted by molar-refractivity contribution is -0.383. The minimum absolute atomic E-state index is 0.0346. The molecule has 0 bridgehead atoms. The van der Waals surface area contributed by atoms with E-state index in [0.717, 1.165) is 12.8 Å². The van der Waals surface area contributed by atoms with Gasteiger partial charge in [-0.3, -0.25) is 24.6 Å². The van der Waals surface area contributed by atoms with Crippen LogP contribution in [0.1, 0.15) is 26.7 Å². The maximum absolute atomic E-state index is 12.2. The zero-order chi connectivity index (χ0) is 18.8. The molecule has 0 atom stereocenters. The van der Waals surface area contributed by atoms with Gasteiger partial charge in [-0.15, -0.1) is 0 Å². The zero-order valence-corrected chi connectivity index (χ0v) is 15.1. The number of carbonyl (C=O) groups excluding carboxylic acids is 2. The molecule has 0 spiro atoms. The minimum Gasteiger partial charge on any atom is -0.355 e. The van der Waals surface area contributed by atoms with Crippen molar-refractivity contribution in [1.82, 2.24) is 10.2 Å². The van der Waals surface area contributed by atoms with Gasteiger partial charge in [0.2, 0.25) is 11.8 Å². The van der Waals surface area contributed by atoms with Crippen LogP contribution in [-0.4, -0.2) is 47.8 Å². The second-order valence-corrected chi connectivity index (χ2v) is 5.96. The first-order valence-corrected chi connectivity index (χ1v) is 8.48. The number of hydrogen-bond acceptors (Lipinski definition) is 5. The largest absolute Gasteiger partial charge is 0.355 e. The molecular weight excluding hydrogens is 348 g/mol. The molecule has 0 radical (unpaired) electrons. The third-order valence-corrected chi connectivity index (χ3v) is 3.51. The molecule has 1 aromatic rings. The van der Waals surface area contributed by atoms with Crippen molar-refractivity contribution in [2.24, 2.45) is 0 Å². The average molecular weight is 371 g/mol. The highest BCUT2D eigenvalue weighted by Crippen LogP contribution is 2.27. The van der Waals surface area contributed by atoms with Crippen LogP contribution in [0.4, 0.5) is 11.4 Å². The van der Waals surface area contributed by atoms with Gasteiger partial charge >= 0.3 is 0 Å². The molecule has 1 rings (SSSR count). The highest BCUT2D eigenvalue weighted by Gasteiger charge is 2.19. The number of amides is 2. The van der Waals surface area contributed by atoms with Gasteiger partial charge in [0.25, 0.3) is 5.69 Å². The fourth-order valence-corrected chi connectivity index (χ4v) is 2.37. The molecule has 2 N–H and O–H groups in total. The monoisotopic (exact) mass is 370 g/mol. The zero-order valence-electron chi connectivity index (χ0n) is 14.4. The number of nitrogens with zero attached hydrogens (tertiary/aromatic N) is 2. The lowest BCUT2D eigenvalue weighted by atomic mass is 10.2. The predicted molar refractivity (Wildman–Crippen MR) is 96.8 cm³/mol. The number of anilines is 1. The first-order valence-electron chi connectivity index (χ1n) is 8.10. The first kappa shape index (κ1) is 20.9. The maximum Gasteiger partial charge on any atom is 0.294 e. The van der Waals surface area contributed by atoms with E-state index in [1.807, 2.05) is 13.8 Å². The second kappa shape index (κ2) is 10.6. The van der Waals surface area contributed by atoms with Gasteiger partial charge in [-0.1, -0.05) is 25.4 Å². The molecule has 25 heavy (non-hydrogen) atoms. The van der Waals surface area contributed by atoms with Crippen molar-refractivity contribution in [3.8, 4) is 0 Å². The molecule has 0 saturated carbocycles. The van der Waals surface area contributed by atoms with Crippen LogP contribution in [0.5, 0.6) is 0 Å². The molecule has 0 fully saturated rings. The molecule has 0 aliphatic carbocycles. The number of rotatable bonds is 10. The van der Waals surface area contributed by atoms with Gasteiger partial charge in [-0.2, -0.15) is 0 Å². The molecule has 0 unspecified atom stereocenters. The van der Waals surface area contributed by atoms with Crippen molar-refractivity contribution in [3.63, 3.8) is 0 Å². The third-order valence-electron chi connectivity index (χ3n) is 3.28. The van der Waals surface area contributed by atoms with Crippen LogP contribution in [0.2, 0.25) is 5.02 Å². The van der Waals surface area contributed by atoms with Gasteiger partial charge in [0, 0.05) is 17.6 Å². The SMILES string of the molecule is CCCNC(=O)CN(CCC)CC(=O)Nc1ccc(Cl)cc1[N+](=O)[O-]. The molecule has 138 valence electrons. The van der Waals surface area contributed by atoms with Crippen molar-refractivity contribution in [3.05, 3.63) is 33.3 Å².